The minimum absolute atomic E-state index is 0.0667. The third-order valence-corrected chi connectivity index (χ3v) is 7.43. The van der Waals surface area contributed by atoms with Gasteiger partial charge in [0.15, 0.2) is 5.76 Å². The molecule has 2 amide bonds. The number of likely N-dealkylation sites (tertiary alicyclic amines) is 1. The van der Waals surface area contributed by atoms with Gasteiger partial charge in [-0.05, 0) is 86.3 Å². The third kappa shape index (κ3) is 5.31. The van der Waals surface area contributed by atoms with Crippen LogP contribution >= 0.6 is 0 Å². The van der Waals surface area contributed by atoms with Crippen LogP contribution in [0.5, 0.6) is 0 Å². The second-order valence-corrected chi connectivity index (χ2v) is 10.1. The average molecular weight is 482 g/mol. The molecule has 9 heteroatoms. The number of piperidine rings is 1. The van der Waals surface area contributed by atoms with Crippen LogP contribution in [0.15, 0.2) is 70.2 Å². The van der Waals surface area contributed by atoms with Crippen LogP contribution in [-0.2, 0) is 10.0 Å². The van der Waals surface area contributed by atoms with E-state index in [1.807, 2.05) is 19.9 Å². The van der Waals surface area contributed by atoms with Crippen molar-refractivity contribution < 1.29 is 22.4 Å². The van der Waals surface area contributed by atoms with Gasteiger partial charge in [-0.25, -0.2) is 8.42 Å². The Morgan fingerprint density at radius 2 is 1.68 bits per heavy atom. The fourth-order valence-electron chi connectivity index (χ4n) is 3.86. The van der Waals surface area contributed by atoms with Gasteiger partial charge in [-0.1, -0.05) is 6.07 Å². The van der Waals surface area contributed by atoms with Crippen molar-refractivity contribution in [3.8, 4) is 0 Å². The maximum atomic E-state index is 12.7. The zero-order valence-electron chi connectivity index (χ0n) is 19.1. The second kappa shape index (κ2) is 9.72. The fraction of sp³-hybridized carbons (Fsp3) is 0.280. The van der Waals surface area contributed by atoms with Gasteiger partial charge in [0.1, 0.15) is 0 Å². The van der Waals surface area contributed by atoms with Crippen LogP contribution < -0.4 is 10.0 Å². The molecular formula is C25H27N3O5S. The summed E-state index contributed by atoms with van der Waals surface area (Å²) < 4.78 is 33.2. The van der Waals surface area contributed by atoms with Crippen LogP contribution in [0, 0.1) is 13.8 Å². The van der Waals surface area contributed by atoms with Crippen LogP contribution in [0.3, 0.4) is 0 Å². The van der Waals surface area contributed by atoms with Crippen molar-refractivity contribution in [1.82, 2.24) is 10.2 Å². The average Bonchev–Trinajstić information content (AvgIpc) is 3.36. The first-order chi connectivity index (χ1) is 16.2. The molecular weight excluding hydrogens is 454 g/mol. The molecule has 8 nitrogen and oxygen atoms in total. The van der Waals surface area contributed by atoms with E-state index in [0.717, 1.165) is 11.1 Å². The number of sulfonamides is 1. The Labute approximate surface area is 199 Å². The molecule has 0 atom stereocenters. The van der Waals surface area contributed by atoms with E-state index in [-0.39, 0.29) is 22.8 Å². The molecule has 0 spiro atoms. The van der Waals surface area contributed by atoms with E-state index >= 15 is 0 Å². The lowest BCUT2D eigenvalue weighted by Gasteiger charge is -2.31. The van der Waals surface area contributed by atoms with Crippen molar-refractivity contribution in [2.45, 2.75) is 37.6 Å². The molecule has 0 radical (unpaired) electrons. The van der Waals surface area contributed by atoms with Crippen molar-refractivity contribution in [3.05, 3.63) is 83.3 Å². The maximum Gasteiger partial charge on any atom is 0.289 e. The van der Waals surface area contributed by atoms with Gasteiger partial charge in [0.2, 0.25) is 0 Å². The van der Waals surface area contributed by atoms with Gasteiger partial charge in [0.25, 0.3) is 21.8 Å². The number of nitrogens with zero attached hydrogens (tertiary/aromatic N) is 1. The predicted molar refractivity (Wildman–Crippen MR) is 128 cm³/mol. The molecule has 2 heterocycles. The van der Waals surface area contributed by atoms with Crippen LogP contribution in [0.2, 0.25) is 0 Å². The summed E-state index contributed by atoms with van der Waals surface area (Å²) in [5, 5.41) is 2.97. The number of benzene rings is 2. The number of hydrogen-bond donors (Lipinski definition) is 2. The summed E-state index contributed by atoms with van der Waals surface area (Å²) in [6, 6.07) is 14.4. The molecule has 1 fully saturated rings. The first-order valence-electron chi connectivity index (χ1n) is 11.1. The van der Waals surface area contributed by atoms with Crippen molar-refractivity contribution in [2.24, 2.45) is 0 Å². The van der Waals surface area contributed by atoms with Crippen LogP contribution in [0.25, 0.3) is 0 Å². The molecule has 3 aromatic rings. The number of furan rings is 1. The molecule has 0 aliphatic carbocycles. The van der Waals surface area contributed by atoms with E-state index in [1.54, 1.807) is 29.2 Å². The topological polar surface area (TPSA) is 109 Å². The largest absolute Gasteiger partial charge is 0.459 e. The Morgan fingerprint density at radius 1 is 0.971 bits per heavy atom. The van der Waals surface area contributed by atoms with Gasteiger partial charge in [-0.3, -0.25) is 14.3 Å². The van der Waals surface area contributed by atoms with E-state index in [4.69, 9.17) is 4.42 Å². The molecule has 1 aliphatic heterocycles. The van der Waals surface area contributed by atoms with Gasteiger partial charge >= 0.3 is 0 Å². The lowest BCUT2D eigenvalue weighted by Crippen LogP contribution is -2.46. The lowest BCUT2D eigenvalue weighted by molar-refractivity contribution is 0.0667. The van der Waals surface area contributed by atoms with Gasteiger partial charge in [0.05, 0.1) is 11.2 Å². The maximum absolute atomic E-state index is 12.7. The first kappa shape index (κ1) is 23.6. The van der Waals surface area contributed by atoms with Gasteiger partial charge in [-0.15, -0.1) is 0 Å². The quantitative estimate of drug-likeness (QED) is 0.558. The third-order valence-electron chi connectivity index (χ3n) is 6.04. The SMILES string of the molecule is Cc1ccc(NS(=O)(=O)c2ccc(C(=O)NC3CCN(C(=O)c4ccco4)CC3)cc2)cc1C. The highest BCUT2D eigenvalue weighted by Crippen LogP contribution is 2.20. The minimum atomic E-state index is -3.77. The summed E-state index contributed by atoms with van der Waals surface area (Å²) in [6.07, 6.45) is 2.73. The van der Waals surface area contributed by atoms with Crippen molar-refractivity contribution in [2.75, 3.05) is 17.8 Å². The monoisotopic (exact) mass is 481 g/mol. The molecule has 0 bridgehead atoms. The Bertz CT molecular complexity index is 1280. The number of nitrogens with one attached hydrogen (secondary N) is 2. The Balaban J connectivity index is 1.33. The number of carbonyl (C=O) groups excluding carboxylic acids is 2. The molecule has 2 aromatic carbocycles. The lowest BCUT2D eigenvalue weighted by atomic mass is 10.0. The van der Waals surface area contributed by atoms with E-state index in [9.17, 15) is 18.0 Å². The van der Waals surface area contributed by atoms with E-state index < -0.39 is 10.0 Å². The van der Waals surface area contributed by atoms with Crippen molar-refractivity contribution in [1.29, 1.82) is 0 Å². The fourth-order valence-corrected chi connectivity index (χ4v) is 4.91. The van der Waals surface area contributed by atoms with Crippen molar-refractivity contribution >= 4 is 27.5 Å². The standard InChI is InChI=1S/C25H27N3O5S/c1-17-5-8-21(16-18(17)2)27-34(31,32)22-9-6-19(7-10-22)24(29)26-20-11-13-28(14-12-20)25(30)23-4-3-15-33-23/h3-10,15-16,20,27H,11-14H2,1-2H3,(H,26,29). The number of anilines is 1. The van der Waals surface area contributed by atoms with Crippen LogP contribution in [-0.4, -0.2) is 44.3 Å². The molecule has 2 N–H and O–H groups in total. The Kier molecular flexibility index (Phi) is 6.74. The second-order valence-electron chi connectivity index (χ2n) is 8.45. The predicted octanol–water partition coefficient (Wildman–Crippen LogP) is 3.73. The van der Waals surface area contributed by atoms with Gasteiger partial charge in [0, 0.05) is 30.4 Å². The summed E-state index contributed by atoms with van der Waals surface area (Å²) in [6.45, 7) is 4.92. The number of amides is 2. The molecule has 1 aliphatic rings. The molecule has 34 heavy (non-hydrogen) atoms. The number of aryl methyl sites for hydroxylation is 2. The number of hydrogen-bond acceptors (Lipinski definition) is 5. The molecule has 1 saturated heterocycles. The molecule has 178 valence electrons. The normalized spacial score (nSPS) is 14.6. The molecule has 1 aromatic heterocycles. The minimum Gasteiger partial charge on any atom is -0.459 e. The summed E-state index contributed by atoms with van der Waals surface area (Å²) in [7, 11) is -3.77. The highest BCUT2D eigenvalue weighted by Gasteiger charge is 2.26. The Morgan fingerprint density at radius 3 is 2.29 bits per heavy atom. The molecule has 4 rings (SSSR count). The van der Waals surface area contributed by atoms with Crippen LogP contribution in [0.1, 0.15) is 44.9 Å². The van der Waals surface area contributed by atoms with Gasteiger partial charge in [-0.2, -0.15) is 0 Å². The summed E-state index contributed by atoms with van der Waals surface area (Å²) in [4.78, 5) is 26.8. The first-order valence-corrected chi connectivity index (χ1v) is 12.5. The molecule has 0 unspecified atom stereocenters. The number of carbonyl (C=O) groups is 2. The van der Waals surface area contributed by atoms with E-state index in [2.05, 4.69) is 10.0 Å². The zero-order valence-corrected chi connectivity index (χ0v) is 19.9. The number of rotatable bonds is 6. The highest BCUT2D eigenvalue weighted by molar-refractivity contribution is 7.92. The van der Waals surface area contributed by atoms with E-state index in [0.29, 0.717) is 42.9 Å². The zero-order chi connectivity index (χ0) is 24.3. The summed E-state index contributed by atoms with van der Waals surface area (Å²) in [5.74, 6) is -0.118. The summed E-state index contributed by atoms with van der Waals surface area (Å²) >= 11 is 0. The Hall–Kier alpha value is -3.59. The van der Waals surface area contributed by atoms with Gasteiger partial charge < -0.3 is 14.6 Å². The van der Waals surface area contributed by atoms with Crippen molar-refractivity contribution in [3.63, 3.8) is 0 Å². The summed E-state index contributed by atoms with van der Waals surface area (Å²) in [5.41, 5.74) is 2.93. The van der Waals surface area contributed by atoms with E-state index in [1.165, 1.54) is 30.5 Å². The smallest absolute Gasteiger partial charge is 0.289 e. The van der Waals surface area contributed by atoms with Crippen LogP contribution in [0.4, 0.5) is 5.69 Å². The molecule has 0 saturated carbocycles. The highest BCUT2D eigenvalue weighted by atomic mass is 32.2.